The number of thiophene rings is 1. The molecule has 2 aromatic rings. The van der Waals surface area contributed by atoms with Gasteiger partial charge in [0.05, 0.1) is 13.1 Å². The van der Waals surface area contributed by atoms with E-state index in [4.69, 9.17) is 4.74 Å². The molecule has 1 atom stereocenters. The summed E-state index contributed by atoms with van der Waals surface area (Å²) < 4.78 is 5.94. The van der Waals surface area contributed by atoms with Gasteiger partial charge in [0.15, 0.2) is 5.96 Å². The normalized spacial score (nSPS) is 11.9. The summed E-state index contributed by atoms with van der Waals surface area (Å²) in [5.41, 5.74) is 1.16. The summed E-state index contributed by atoms with van der Waals surface area (Å²) >= 11 is 1.68. The zero-order chi connectivity index (χ0) is 19.6. The number of benzene rings is 1. The maximum absolute atomic E-state index is 11.8. The summed E-state index contributed by atoms with van der Waals surface area (Å²) in [6.45, 7) is 5.36. The minimum Gasteiger partial charge on any atom is -0.489 e. The molecule has 8 heteroatoms. The van der Waals surface area contributed by atoms with Gasteiger partial charge in [-0.3, -0.25) is 4.79 Å². The van der Waals surface area contributed by atoms with E-state index in [-0.39, 0.29) is 42.5 Å². The molecule has 0 aliphatic rings. The van der Waals surface area contributed by atoms with Gasteiger partial charge in [0.2, 0.25) is 5.91 Å². The van der Waals surface area contributed by atoms with Crippen molar-refractivity contribution in [3.05, 3.63) is 52.2 Å². The van der Waals surface area contributed by atoms with Crippen LogP contribution in [0.2, 0.25) is 0 Å². The third-order valence-electron chi connectivity index (χ3n) is 3.77. The second-order valence-electron chi connectivity index (χ2n) is 6.51. The average molecular weight is 516 g/mol. The molecule has 1 aromatic heterocycles. The Hall–Kier alpha value is -1.81. The first kappa shape index (κ1) is 24.2. The second kappa shape index (κ2) is 12.6. The highest BCUT2D eigenvalue weighted by Gasteiger charge is 2.08. The van der Waals surface area contributed by atoms with Crippen molar-refractivity contribution in [1.82, 2.24) is 15.5 Å². The largest absolute Gasteiger partial charge is 0.489 e. The summed E-state index contributed by atoms with van der Waals surface area (Å²) in [7, 11) is 3.45. The maximum Gasteiger partial charge on any atom is 0.243 e. The minimum atomic E-state index is -0.0508. The lowest BCUT2D eigenvalue weighted by atomic mass is 10.2. The fourth-order valence-electron chi connectivity index (χ4n) is 2.25. The molecule has 6 nitrogen and oxygen atoms in total. The van der Waals surface area contributed by atoms with Crippen LogP contribution in [0.15, 0.2) is 46.8 Å². The van der Waals surface area contributed by atoms with E-state index in [1.165, 1.54) is 9.78 Å². The van der Waals surface area contributed by atoms with Gasteiger partial charge in [-0.2, -0.15) is 0 Å². The standard InChI is InChI=1S/C20H28N4O2S.HI/c1-15-7-5-8-17(11-15)26-16(2)12-21-20(23-14-19(25)24(3)4)22-13-18-9-6-10-27-18;/h5-11,16H,12-14H2,1-4H3,(H2,21,22,23);1H. The number of nitrogens with zero attached hydrogens (tertiary/aromatic N) is 2. The molecular formula is C20H29IN4O2S. The fraction of sp³-hybridized carbons (Fsp3) is 0.400. The smallest absolute Gasteiger partial charge is 0.243 e. The minimum absolute atomic E-state index is 0. The van der Waals surface area contributed by atoms with Gasteiger partial charge >= 0.3 is 0 Å². The summed E-state index contributed by atoms with van der Waals surface area (Å²) in [5, 5.41) is 8.56. The van der Waals surface area contributed by atoms with Crippen LogP contribution in [0, 0.1) is 6.92 Å². The number of amides is 1. The van der Waals surface area contributed by atoms with Crippen LogP contribution in [0.5, 0.6) is 5.75 Å². The lowest BCUT2D eigenvalue weighted by molar-refractivity contribution is -0.127. The summed E-state index contributed by atoms with van der Waals surface area (Å²) in [5.74, 6) is 1.40. The van der Waals surface area contributed by atoms with Crippen molar-refractivity contribution in [3.63, 3.8) is 0 Å². The predicted octanol–water partition coefficient (Wildman–Crippen LogP) is 3.27. The Bertz CT molecular complexity index is 750. The molecule has 28 heavy (non-hydrogen) atoms. The molecule has 0 saturated heterocycles. The SMILES string of the molecule is Cc1cccc(OC(C)CNC(=NCC(=O)N(C)C)NCc2cccs2)c1.I. The van der Waals surface area contributed by atoms with Crippen LogP contribution in [0.3, 0.4) is 0 Å². The Morgan fingerprint density at radius 3 is 2.68 bits per heavy atom. The van der Waals surface area contributed by atoms with Crippen molar-refractivity contribution in [2.75, 3.05) is 27.2 Å². The number of hydrogen-bond acceptors (Lipinski definition) is 4. The van der Waals surface area contributed by atoms with E-state index >= 15 is 0 Å². The van der Waals surface area contributed by atoms with Crippen LogP contribution in [0.25, 0.3) is 0 Å². The number of carbonyl (C=O) groups is 1. The summed E-state index contributed by atoms with van der Waals surface area (Å²) in [6, 6.07) is 12.0. The van der Waals surface area contributed by atoms with Crippen molar-refractivity contribution < 1.29 is 9.53 Å². The first-order valence-electron chi connectivity index (χ1n) is 8.92. The van der Waals surface area contributed by atoms with E-state index in [9.17, 15) is 4.79 Å². The van der Waals surface area contributed by atoms with Gasteiger partial charge in [0.1, 0.15) is 18.4 Å². The highest BCUT2D eigenvalue weighted by Crippen LogP contribution is 2.13. The molecule has 0 saturated carbocycles. The van der Waals surface area contributed by atoms with Gasteiger partial charge in [-0.25, -0.2) is 4.99 Å². The molecule has 0 fully saturated rings. The van der Waals surface area contributed by atoms with Gasteiger partial charge in [0.25, 0.3) is 0 Å². The number of likely N-dealkylation sites (N-methyl/N-ethyl adjacent to an activating group) is 1. The number of aryl methyl sites for hydroxylation is 1. The molecule has 1 unspecified atom stereocenters. The Morgan fingerprint density at radius 1 is 1.25 bits per heavy atom. The topological polar surface area (TPSA) is 66.0 Å². The first-order valence-corrected chi connectivity index (χ1v) is 9.80. The Kier molecular flexibility index (Phi) is 10.9. The average Bonchev–Trinajstić information content (AvgIpc) is 3.14. The second-order valence-corrected chi connectivity index (χ2v) is 7.54. The van der Waals surface area contributed by atoms with E-state index < -0.39 is 0 Å². The molecular weight excluding hydrogens is 487 g/mol. The summed E-state index contributed by atoms with van der Waals surface area (Å²) in [4.78, 5) is 19.0. The fourth-order valence-corrected chi connectivity index (χ4v) is 2.89. The van der Waals surface area contributed by atoms with Gasteiger partial charge in [-0.1, -0.05) is 18.2 Å². The zero-order valence-electron chi connectivity index (χ0n) is 16.8. The first-order chi connectivity index (χ1) is 12.9. The van der Waals surface area contributed by atoms with Crippen molar-refractivity contribution in [2.45, 2.75) is 26.5 Å². The summed E-state index contributed by atoms with van der Waals surface area (Å²) in [6.07, 6.45) is -0.0508. The monoisotopic (exact) mass is 516 g/mol. The van der Waals surface area contributed by atoms with Crippen LogP contribution < -0.4 is 15.4 Å². The Morgan fingerprint density at radius 2 is 2.04 bits per heavy atom. The van der Waals surface area contributed by atoms with Crippen molar-refractivity contribution in [2.24, 2.45) is 4.99 Å². The highest BCUT2D eigenvalue weighted by molar-refractivity contribution is 14.0. The molecule has 2 rings (SSSR count). The third-order valence-corrected chi connectivity index (χ3v) is 4.64. The number of halogens is 1. The van der Waals surface area contributed by atoms with Gasteiger partial charge < -0.3 is 20.3 Å². The molecule has 2 N–H and O–H groups in total. The van der Waals surface area contributed by atoms with Gasteiger partial charge in [0, 0.05) is 19.0 Å². The van der Waals surface area contributed by atoms with E-state index in [0.717, 1.165) is 11.3 Å². The molecule has 1 heterocycles. The molecule has 0 aliphatic heterocycles. The molecule has 154 valence electrons. The molecule has 0 bridgehead atoms. The molecule has 1 aromatic carbocycles. The third kappa shape index (κ3) is 8.92. The van der Waals surface area contributed by atoms with Crippen LogP contribution in [0.4, 0.5) is 0 Å². The molecule has 0 radical (unpaired) electrons. The van der Waals surface area contributed by atoms with Crippen molar-refractivity contribution in [1.29, 1.82) is 0 Å². The lowest BCUT2D eigenvalue weighted by Gasteiger charge is -2.18. The van der Waals surface area contributed by atoms with Crippen LogP contribution in [-0.2, 0) is 11.3 Å². The number of ether oxygens (including phenoxy) is 1. The van der Waals surface area contributed by atoms with E-state index in [1.807, 2.05) is 49.6 Å². The van der Waals surface area contributed by atoms with Gasteiger partial charge in [-0.15, -0.1) is 35.3 Å². The van der Waals surface area contributed by atoms with Crippen LogP contribution in [0.1, 0.15) is 17.4 Å². The molecule has 0 aliphatic carbocycles. The molecule has 0 spiro atoms. The van der Waals surface area contributed by atoms with E-state index in [0.29, 0.717) is 19.0 Å². The van der Waals surface area contributed by atoms with Crippen LogP contribution in [-0.4, -0.2) is 50.1 Å². The Balaban J connectivity index is 0.00000392. The zero-order valence-corrected chi connectivity index (χ0v) is 19.9. The van der Waals surface area contributed by atoms with E-state index in [2.05, 4.69) is 21.7 Å². The number of rotatable bonds is 8. The van der Waals surface area contributed by atoms with Crippen molar-refractivity contribution in [3.8, 4) is 5.75 Å². The number of hydrogen-bond donors (Lipinski definition) is 2. The Labute approximate surface area is 188 Å². The number of nitrogens with one attached hydrogen (secondary N) is 2. The predicted molar refractivity (Wildman–Crippen MR) is 127 cm³/mol. The quantitative estimate of drug-likeness (QED) is 0.321. The number of carbonyl (C=O) groups excluding carboxylic acids is 1. The van der Waals surface area contributed by atoms with Gasteiger partial charge in [-0.05, 0) is 43.0 Å². The highest BCUT2D eigenvalue weighted by atomic mass is 127. The lowest BCUT2D eigenvalue weighted by Crippen LogP contribution is -2.42. The number of aliphatic imine (C=N–C) groups is 1. The maximum atomic E-state index is 11.8. The molecule has 1 amide bonds. The van der Waals surface area contributed by atoms with E-state index in [1.54, 1.807) is 25.4 Å². The number of guanidine groups is 1. The van der Waals surface area contributed by atoms with Crippen molar-refractivity contribution >= 4 is 47.2 Å². The van der Waals surface area contributed by atoms with Crippen LogP contribution >= 0.6 is 35.3 Å².